The molecule has 0 atom stereocenters. The van der Waals surface area contributed by atoms with Crippen molar-refractivity contribution in [2.45, 2.75) is 13.3 Å². The van der Waals surface area contributed by atoms with Crippen LogP contribution in [0.3, 0.4) is 0 Å². The third-order valence-corrected chi connectivity index (χ3v) is 5.24. The highest BCUT2D eigenvalue weighted by Gasteiger charge is 2.32. The minimum Gasteiger partial charge on any atom is -0.494 e. The molecule has 6 nitrogen and oxygen atoms in total. The summed E-state index contributed by atoms with van der Waals surface area (Å²) >= 11 is 6.55. The second-order valence-electron chi connectivity index (χ2n) is 5.85. The number of hydrogen-bond acceptors (Lipinski definition) is 6. The van der Waals surface area contributed by atoms with E-state index in [1.165, 1.54) is 16.7 Å². The first-order valence-corrected chi connectivity index (χ1v) is 9.98. The minimum absolute atomic E-state index is 0.138. The van der Waals surface area contributed by atoms with Gasteiger partial charge >= 0.3 is 0 Å². The molecule has 1 aromatic carbocycles. The van der Waals surface area contributed by atoms with E-state index in [9.17, 15) is 9.59 Å². The van der Waals surface area contributed by atoms with Gasteiger partial charge in [0.25, 0.3) is 5.91 Å². The Labute approximate surface area is 173 Å². The van der Waals surface area contributed by atoms with Gasteiger partial charge in [-0.3, -0.25) is 14.5 Å². The second kappa shape index (κ2) is 9.48. The highest BCUT2D eigenvalue weighted by atomic mass is 32.2. The average Bonchev–Trinajstić information content (AvgIpc) is 2.95. The van der Waals surface area contributed by atoms with Gasteiger partial charge in [0.2, 0.25) is 5.91 Å². The van der Waals surface area contributed by atoms with Crippen LogP contribution in [0.2, 0.25) is 0 Å². The zero-order valence-corrected chi connectivity index (χ0v) is 16.9. The molecule has 0 radical (unpaired) electrons. The Bertz CT molecular complexity index is 899. The van der Waals surface area contributed by atoms with Gasteiger partial charge in [-0.1, -0.05) is 42.2 Å². The van der Waals surface area contributed by atoms with E-state index in [0.29, 0.717) is 21.7 Å². The van der Waals surface area contributed by atoms with Crippen molar-refractivity contribution in [3.05, 3.63) is 59.1 Å². The Morgan fingerprint density at radius 3 is 2.75 bits per heavy atom. The lowest BCUT2D eigenvalue weighted by molar-refractivity contribution is -0.122. The van der Waals surface area contributed by atoms with Crippen molar-refractivity contribution in [2.24, 2.45) is 0 Å². The molecule has 1 N–H and O–H groups in total. The SMILES string of the molecule is CCOc1ccc(/C=C2\SC(=S)N(CCC(=O)Nc3ccccn3)C2=O)cc1. The summed E-state index contributed by atoms with van der Waals surface area (Å²) in [6.07, 6.45) is 3.53. The molecular weight excluding hydrogens is 394 g/mol. The van der Waals surface area contributed by atoms with Crippen LogP contribution in [-0.2, 0) is 9.59 Å². The number of benzene rings is 1. The topological polar surface area (TPSA) is 71.5 Å². The van der Waals surface area contributed by atoms with Crippen molar-refractivity contribution in [3.63, 3.8) is 0 Å². The fourth-order valence-corrected chi connectivity index (χ4v) is 3.84. The van der Waals surface area contributed by atoms with E-state index >= 15 is 0 Å². The van der Waals surface area contributed by atoms with Gasteiger partial charge in [0.15, 0.2) is 0 Å². The highest BCUT2D eigenvalue weighted by Crippen LogP contribution is 2.32. The summed E-state index contributed by atoms with van der Waals surface area (Å²) in [5.41, 5.74) is 0.886. The number of thiocarbonyl (C=S) groups is 1. The van der Waals surface area contributed by atoms with Crippen LogP contribution in [0.1, 0.15) is 18.9 Å². The monoisotopic (exact) mass is 413 g/mol. The van der Waals surface area contributed by atoms with Gasteiger partial charge in [-0.2, -0.15) is 0 Å². The molecule has 1 aliphatic heterocycles. The van der Waals surface area contributed by atoms with Crippen molar-refractivity contribution < 1.29 is 14.3 Å². The maximum absolute atomic E-state index is 12.6. The lowest BCUT2D eigenvalue weighted by Gasteiger charge is -2.13. The molecule has 0 unspecified atom stereocenters. The standard InChI is InChI=1S/C20H19N3O3S2/c1-2-26-15-8-6-14(7-9-15)13-16-19(25)23(20(27)28-16)12-10-18(24)22-17-5-3-4-11-21-17/h3-9,11,13H,2,10,12H2,1H3,(H,21,22,24)/b16-13-. The van der Waals surface area contributed by atoms with E-state index in [1.807, 2.05) is 31.2 Å². The number of ether oxygens (including phenoxy) is 1. The number of carbonyl (C=O) groups is 2. The predicted molar refractivity (Wildman–Crippen MR) is 115 cm³/mol. The zero-order chi connectivity index (χ0) is 19.9. The molecule has 0 saturated carbocycles. The van der Waals surface area contributed by atoms with E-state index in [-0.39, 0.29) is 24.8 Å². The molecule has 2 heterocycles. The molecular formula is C20H19N3O3S2. The van der Waals surface area contributed by atoms with Gasteiger partial charge in [0, 0.05) is 19.2 Å². The molecule has 1 saturated heterocycles. The molecule has 1 fully saturated rings. The van der Waals surface area contributed by atoms with Gasteiger partial charge in [-0.05, 0) is 42.8 Å². The number of rotatable bonds is 7. The lowest BCUT2D eigenvalue weighted by atomic mass is 10.2. The largest absolute Gasteiger partial charge is 0.494 e. The third kappa shape index (κ3) is 5.17. The molecule has 1 aromatic heterocycles. The van der Waals surface area contributed by atoms with E-state index in [0.717, 1.165) is 11.3 Å². The molecule has 2 aromatic rings. The summed E-state index contributed by atoms with van der Waals surface area (Å²) in [5, 5.41) is 2.70. The van der Waals surface area contributed by atoms with Gasteiger partial charge in [-0.15, -0.1) is 0 Å². The summed E-state index contributed by atoms with van der Waals surface area (Å²) in [5.74, 6) is 0.858. The van der Waals surface area contributed by atoms with Crippen LogP contribution in [0.15, 0.2) is 53.6 Å². The van der Waals surface area contributed by atoms with Crippen LogP contribution in [0, 0.1) is 0 Å². The molecule has 28 heavy (non-hydrogen) atoms. The van der Waals surface area contributed by atoms with Gasteiger partial charge in [0.05, 0.1) is 11.5 Å². The van der Waals surface area contributed by atoms with E-state index in [4.69, 9.17) is 17.0 Å². The van der Waals surface area contributed by atoms with Crippen LogP contribution in [0.25, 0.3) is 6.08 Å². The minimum atomic E-state index is -0.219. The number of anilines is 1. The summed E-state index contributed by atoms with van der Waals surface area (Å²) in [7, 11) is 0. The first-order chi connectivity index (χ1) is 13.6. The van der Waals surface area contributed by atoms with Gasteiger partial charge in [0.1, 0.15) is 15.9 Å². The van der Waals surface area contributed by atoms with E-state index in [2.05, 4.69) is 10.3 Å². The Kier molecular flexibility index (Phi) is 6.78. The second-order valence-corrected chi connectivity index (χ2v) is 7.52. The number of thioether (sulfide) groups is 1. The fraction of sp³-hybridized carbons (Fsp3) is 0.200. The van der Waals surface area contributed by atoms with Crippen molar-refractivity contribution >= 4 is 52.0 Å². The fourth-order valence-electron chi connectivity index (χ4n) is 2.53. The molecule has 0 bridgehead atoms. The number of amides is 2. The molecule has 2 amide bonds. The first-order valence-electron chi connectivity index (χ1n) is 8.76. The quantitative estimate of drug-likeness (QED) is 0.551. The Morgan fingerprint density at radius 1 is 1.29 bits per heavy atom. The molecule has 3 rings (SSSR count). The Balaban J connectivity index is 1.59. The third-order valence-electron chi connectivity index (χ3n) is 3.86. The van der Waals surface area contributed by atoms with Crippen LogP contribution in [0.4, 0.5) is 5.82 Å². The van der Waals surface area contributed by atoms with Crippen molar-refractivity contribution in [3.8, 4) is 5.75 Å². The summed E-state index contributed by atoms with van der Waals surface area (Å²) in [6, 6.07) is 12.8. The summed E-state index contributed by atoms with van der Waals surface area (Å²) < 4.78 is 5.87. The maximum Gasteiger partial charge on any atom is 0.266 e. The number of hydrogen-bond donors (Lipinski definition) is 1. The molecule has 144 valence electrons. The molecule has 8 heteroatoms. The summed E-state index contributed by atoms with van der Waals surface area (Å²) in [4.78, 5) is 30.8. The van der Waals surface area contributed by atoms with Crippen molar-refractivity contribution in [1.29, 1.82) is 0 Å². The van der Waals surface area contributed by atoms with Crippen LogP contribution in [0.5, 0.6) is 5.75 Å². The zero-order valence-electron chi connectivity index (χ0n) is 15.3. The molecule has 0 spiro atoms. The first kappa shape index (κ1) is 20.0. The molecule has 0 aliphatic carbocycles. The lowest BCUT2D eigenvalue weighted by Crippen LogP contribution is -2.31. The predicted octanol–water partition coefficient (Wildman–Crippen LogP) is 3.71. The average molecular weight is 414 g/mol. The normalized spacial score (nSPS) is 15.2. The Morgan fingerprint density at radius 2 is 2.07 bits per heavy atom. The van der Waals surface area contributed by atoms with Crippen LogP contribution >= 0.6 is 24.0 Å². The van der Waals surface area contributed by atoms with Crippen LogP contribution in [-0.4, -0.2) is 39.2 Å². The maximum atomic E-state index is 12.6. The smallest absolute Gasteiger partial charge is 0.266 e. The summed E-state index contributed by atoms with van der Waals surface area (Å²) in [6.45, 7) is 2.76. The number of nitrogens with zero attached hydrogens (tertiary/aromatic N) is 2. The van der Waals surface area contributed by atoms with Crippen molar-refractivity contribution in [1.82, 2.24) is 9.88 Å². The van der Waals surface area contributed by atoms with Crippen LogP contribution < -0.4 is 10.1 Å². The van der Waals surface area contributed by atoms with Gasteiger partial charge < -0.3 is 10.1 Å². The number of pyridine rings is 1. The number of nitrogens with one attached hydrogen (secondary N) is 1. The number of aromatic nitrogens is 1. The van der Waals surface area contributed by atoms with E-state index < -0.39 is 0 Å². The number of carbonyl (C=O) groups excluding carboxylic acids is 2. The van der Waals surface area contributed by atoms with Crippen molar-refractivity contribution in [2.75, 3.05) is 18.5 Å². The highest BCUT2D eigenvalue weighted by molar-refractivity contribution is 8.26. The van der Waals surface area contributed by atoms with Gasteiger partial charge in [-0.25, -0.2) is 4.98 Å². The van der Waals surface area contributed by atoms with E-state index in [1.54, 1.807) is 30.5 Å². The molecule has 1 aliphatic rings. The Hall–Kier alpha value is -2.71.